The Bertz CT molecular complexity index is 474. The number of ether oxygens (including phenoxy) is 1. The van der Waals surface area contributed by atoms with E-state index in [0.717, 1.165) is 41.7 Å². The fourth-order valence-electron chi connectivity index (χ4n) is 1.62. The summed E-state index contributed by atoms with van der Waals surface area (Å²) in [5.74, 6) is 3.27. The summed E-state index contributed by atoms with van der Waals surface area (Å²) in [6.07, 6.45) is 7.75. The number of halogens is 1. The predicted molar refractivity (Wildman–Crippen MR) is 79.6 cm³/mol. The van der Waals surface area contributed by atoms with Gasteiger partial charge in [0.25, 0.3) is 0 Å². The van der Waals surface area contributed by atoms with E-state index < -0.39 is 0 Å². The molecule has 0 fully saturated rings. The number of unbranched alkanes of at least 4 members (excludes halogenated alkanes) is 2. The Morgan fingerprint density at radius 3 is 2.95 bits per heavy atom. The number of nitrogens with zero attached hydrogens (tertiary/aromatic N) is 1. The summed E-state index contributed by atoms with van der Waals surface area (Å²) in [4.78, 5) is 0. The standard InChI is InChI=1S/C15H17BrN2O/c1-2-10-19-15-7-6-14(16)11-13(15)12-18-9-5-3-4-8-17/h1,6-7,11,18H,3-5,9-10,12H2. The second kappa shape index (κ2) is 9.44. The van der Waals surface area contributed by atoms with E-state index in [4.69, 9.17) is 16.4 Å². The quantitative estimate of drug-likeness (QED) is 0.590. The Hall–Kier alpha value is -1.49. The van der Waals surface area contributed by atoms with Crippen LogP contribution in [0.2, 0.25) is 0 Å². The number of hydrogen-bond donors (Lipinski definition) is 1. The van der Waals surface area contributed by atoms with E-state index in [1.807, 2.05) is 18.2 Å². The molecule has 0 saturated carbocycles. The third kappa shape index (κ3) is 6.29. The summed E-state index contributed by atoms with van der Waals surface area (Å²) in [6.45, 7) is 1.89. The molecular formula is C15H17BrN2O. The molecule has 0 atom stereocenters. The molecule has 0 aliphatic rings. The van der Waals surface area contributed by atoms with Crippen LogP contribution in [0.5, 0.6) is 5.75 Å². The van der Waals surface area contributed by atoms with Crippen molar-refractivity contribution >= 4 is 15.9 Å². The first kappa shape index (κ1) is 15.6. The lowest BCUT2D eigenvalue weighted by molar-refractivity contribution is 0.364. The number of hydrogen-bond acceptors (Lipinski definition) is 3. The summed E-state index contributed by atoms with van der Waals surface area (Å²) in [6, 6.07) is 8.01. The predicted octanol–water partition coefficient (Wildman–Crippen LogP) is 3.24. The minimum atomic E-state index is 0.275. The van der Waals surface area contributed by atoms with Crippen molar-refractivity contribution in [2.45, 2.75) is 25.8 Å². The topological polar surface area (TPSA) is 45.0 Å². The van der Waals surface area contributed by atoms with E-state index in [1.165, 1.54) is 0 Å². The molecule has 0 radical (unpaired) electrons. The maximum absolute atomic E-state index is 8.44. The number of terminal acetylenes is 1. The first-order valence-electron chi connectivity index (χ1n) is 6.20. The summed E-state index contributed by atoms with van der Waals surface area (Å²) in [5.41, 5.74) is 1.07. The van der Waals surface area contributed by atoms with Crippen LogP contribution in [0.25, 0.3) is 0 Å². The van der Waals surface area contributed by atoms with Gasteiger partial charge in [-0.05, 0) is 37.6 Å². The molecule has 0 spiro atoms. The van der Waals surface area contributed by atoms with Gasteiger partial charge in [-0.1, -0.05) is 21.9 Å². The Labute approximate surface area is 123 Å². The molecule has 0 aromatic heterocycles. The summed E-state index contributed by atoms with van der Waals surface area (Å²) in [7, 11) is 0. The highest BCUT2D eigenvalue weighted by atomic mass is 79.9. The first-order chi connectivity index (χ1) is 9.27. The van der Waals surface area contributed by atoms with Crippen LogP contribution in [0.15, 0.2) is 22.7 Å². The molecule has 0 amide bonds. The van der Waals surface area contributed by atoms with Gasteiger partial charge in [0.2, 0.25) is 0 Å². The first-order valence-corrected chi connectivity index (χ1v) is 6.99. The molecule has 0 bridgehead atoms. The van der Waals surface area contributed by atoms with Crippen molar-refractivity contribution in [3.05, 3.63) is 28.2 Å². The number of nitrogens with one attached hydrogen (secondary N) is 1. The van der Waals surface area contributed by atoms with Crippen molar-refractivity contribution in [3.8, 4) is 24.2 Å². The Balaban J connectivity index is 2.45. The van der Waals surface area contributed by atoms with E-state index in [2.05, 4.69) is 33.2 Å². The van der Waals surface area contributed by atoms with Crippen LogP contribution >= 0.6 is 15.9 Å². The second-order valence-electron chi connectivity index (χ2n) is 4.04. The molecule has 0 heterocycles. The van der Waals surface area contributed by atoms with E-state index in [9.17, 15) is 0 Å². The monoisotopic (exact) mass is 320 g/mol. The molecule has 1 N–H and O–H groups in total. The number of benzene rings is 1. The zero-order chi connectivity index (χ0) is 13.9. The lowest BCUT2D eigenvalue weighted by Gasteiger charge is -2.11. The van der Waals surface area contributed by atoms with E-state index >= 15 is 0 Å². The third-order valence-electron chi connectivity index (χ3n) is 2.54. The van der Waals surface area contributed by atoms with E-state index in [0.29, 0.717) is 6.42 Å². The highest BCUT2D eigenvalue weighted by Crippen LogP contribution is 2.23. The highest BCUT2D eigenvalue weighted by molar-refractivity contribution is 9.10. The lowest BCUT2D eigenvalue weighted by atomic mass is 10.2. The average Bonchev–Trinajstić information content (AvgIpc) is 2.42. The van der Waals surface area contributed by atoms with Crippen LogP contribution in [-0.2, 0) is 6.54 Å². The molecule has 100 valence electrons. The van der Waals surface area contributed by atoms with Crippen LogP contribution in [0.1, 0.15) is 24.8 Å². The van der Waals surface area contributed by atoms with Crippen LogP contribution < -0.4 is 10.1 Å². The van der Waals surface area contributed by atoms with Gasteiger partial charge < -0.3 is 10.1 Å². The van der Waals surface area contributed by atoms with Gasteiger partial charge in [-0.25, -0.2) is 0 Å². The van der Waals surface area contributed by atoms with Crippen molar-refractivity contribution in [2.24, 2.45) is 0 Å². The van der Waals surface area contributed by atoms with Crippen LogP contribution in [-0.4, -0.2) is 13.2 Å². The molecule has 0 aliphatic heterocycles. The molecule has 0 aliphatic carbocycles. The van der Waals surface area contributed by atoms with Gasteiger partial charge in [-0.2, -0.15) is 5.26 Å². The second-order valence-corrected chi connectivity index (χ2v) is 4.95. The average molecular weight is 321 g/mol. The summed E-state index contributed by atoms with van der Waals surface area (Å²) >= 11 is 3.45. The molecule has 0 unspecified atom stereocenters. The molecule has 1 aromatic rings. The molecule has 3 nitrogen and oxygen atoms in total. The van der Waals surface area contributed by atoms with E-state index in [1.54, 1.807) is 0 Å². The van der Waals surface area contributed by atoms with Gasteiger partial charge in [0.1, 0.15) is 12.4 Å². The van der Waals surface area contributed by atoms with Gasteiger partial charge in [-0.15, -0.1) is 6.42 Å². The maximum Gasteiger partial charge on any atom is 0.148 e. The van der Waals surface area contributed by atoms with Crippen molar-refractivity contribution in [2.75, 3.05) is 13.2 Å². The zero-order valence-corrected chi connectivity index (χ0v) is 12.4. The summed E-state index contributed by atoms with van der Waals surface area (Å²) < 4.78 is 6.51. The smallest absolute Gasteiger partial charge is 0.148 e. The molecule has 1 rings (SSSR count). The fourth-order valence-corrected chi connectivity index (χ4v) is 2.03. The van der Waals surface area contributed by atoms with Crippen LogP contribution in [0, 0.1) is 23.7 Å². The van der Waals surface area contributed by atoms with Crippen LogP contribution in [0.4, 0.5) is 0 Å². The van der Waals surface area contributed by atoms with Gasteiger partial charge in [0, 0.05) is 23.0 Å². The molecule has 4 heteroatoms. The van der Waals surface area contributed by atoms with Crippen molar-refractivity contribution in [1.29, 1.82) is 5.26 Å². The molecule has 19 heavy (non-hydrogen) atoms. The molecule has 0 saturated heterocycles. The van der Waals surface area contributed by atoms with Gasteiger partial charge in [0.05, 0.1) is 6.07 Å². The lowest BCUT2D eigenvalue weighted by Crippen LogP contribution is -2.15. The van der Waals surface area contributed by atoms with Gasteiger partial charge in [-0.3, -0.25) is 0 Å². The Kier molecular flexibility index (Phi) is 7.74. The van der Waals surface area contributed by atoms with Crippen molar-refractivity contribution in [1.82, 2.24) is 5.32 Å². The minimum Gasteiger partial charge on any atom is -0.481 e. The van der Waals surface area contributed by atoms with Gasteiger partial charge in [0.15, 0.2) is 0 Å². The zero-order valence-electron chi connectivity index (χ0n) is 10.8. The number of nitriles is 1. The third-order valence-corrected chi connectivity index (χ3v) is 3.03. The fraction of sp³-hybridized carbons (Fsp3) is 0.400. The van der Waals surface area contributed by atoms with Gasteiger partial charge >= 0.3 is 0 Å². The largest absolute Gasteiger partial charge is 0.481 e. The molecule has 1 aromatic carbocycles. The molecular weight excluding hydrogens is 304 g/mol. The maximum atomic E-state index is 8.44. The normalized spacial score (nSPS) is 9.63. The summed E-state index contributed by atoms with van der Waals surface area (Å²) in [5, 5.41) is 11.8. The van der Waals surface area contributed by atoms with E-state index in [-0.39, 0.29) is 6.61 Å². The minimum absolute atomic E-state index is 0.275. The SMILES string of the molecule is C#CCOc1ccc(Br)cc1CNCCCCC#N. The highest BCUT2D eigenvalue weighted by Gasteiger charge is 2.04. The Morgan fingerprint density at radius 2 is 2.21 bits per heavy atom. The van der Waals surface area contributed by atoms with Crippen LogP contribution in [0.3, 0.4) is 0 Å². The van der Waals surface area contributed by atoms with Crippen molar-refractivity contribution < 1.29 is 4.74 Å². The number of rotatable bonds is 8. The Morgan fingerprint density at radius 1 is 1.37 bits per heavy atom. The van der Waals surface area contributed by atoms with Crippen molar-refractivity contribution in [3.63, 3.8) is 0 Å².